The SMILES string of the molecule is O=C([O-])[C@H]1CCCN(c2ncnc3sc(-c4ccccc4)cc23)C1. The quantitative estimate of drug-likeness (QED) is 0.733. The highest BCUT2D eigenvalue weighted by Gasteiger charge is 2.23. The highest BCUT2D eigenvalue weighted by molar-refractivity contribution is 7.21. The molecule has 24 heavy (non-hydrogen) atoms. The van der Waals surface area contributed by atoms with Crippen LogP contribution in [0.4, 0.5) is 5.82 Å². The van der Waals surface area contributed by atoms with Gasteiger partial charge in [0.2, 0.25) is 0 Å². The molecule has 0 aliphatic carbocycles. The minimum atomic E-state index is -0.972. The van der Waals surface area contributed by atoms with Gasteiger partial charge >= 0.3 is 0 Å². The first-order chi connectivity index (χ1) is 11.7. The number of rotatable bonds is 3. The lowest BCUT2D eigenvalue weighted by atomic mass is 9.98. The van der Waals surface area contributed by atoms with Crippen LogP contribution in [0.1, 0.15) is 12.8 Å². The van der Waals surface area contributed by atoms with Crippen LogP contribution in [0.3, 0.4) is 0 Å². The molecule has 1 atom stereocenters. The Bertz CT molecular complexity index is 878. The Kier molecular flexibility index (Phi) is 3.90. The highest BCUT2D eigenvalue weighted by Crippen LogP contribution is 2.36. The topological polar surface area (TPSA) is 69.2 Å². The van der Waals surface area contributed by atoms with Gasteiger partial charge in [0.15, 0.2) is 0 Å². The highest BCUT2D eigenvalue weighted by atomic mass is 32.1. The monoisotopic (exact) mass is 338 g/mol. The van der Waals surface area contributed by atoms with Crippen molar-refractivity contribution in [3.63, 3.8) is 0 Å². The van der Waals surface area contributed by atoms with E-state index in [1.165, 1.54) is 0 Å². The molecule has 2 aromatic heterocycles. The largest absolute Gasteiger partial charge is 0.550 e. The van der Waals surface area contributed by atoms with Crippen molar-refractivity contribution in [2.45, 2.75) is 12.8 Å². The molecule has 3 aromatic rings. The molecule has 0 saturated carbocycles. The van der Waals surface area contributed by atoms with Crippen molar-refractivity contribution >= 4 is 33.3 Å². The number of carbonyl (C=O) groups excluding carboxylic acids is 1. The van der Waals surface area contributed by atoms with E-state index in [9.17, 15) is 9.90 Å². The van der Waals surface area contributed by atoms with Gasteiger partial charge in [0.25, 0.3) is 0 Å². The van der Waals surface area contributed by atoms with Crippen LogP contribution in [0.15, 0.2) is 42.7 Å². The number of aliphatic carboxylic acids is 1. The molecular formula is C18H16N3O2S-. The van der Waals surface area contributed by atoms with Crippen molar-refractivity contribution in [2.75, 3.05) is 18.0 Å². The lowest BCUT2D eigenvalue weighted by Crippen LogP contribution is -2.44. The van der Waals surface area contributed by atoms with Gasteiger partial charge in [0.1, 0.15) is 17.0 Å². The van der Waals surface area contributed by atoms with Crippen LogP contribution in [0, 0.1) is 5.92 Å². The van der Waals surface area contributed by atoms with Gasteiger partial charge in [-0.2, -0.15) is 0 Å². The lowest BCUT2D eigenvalue weighted by molar-refractivity contribution is -0.311. The third kappa shape index (κ3) is 2.73. The first-order valence-electron chi connectivity index (χ1n) is 7.98. The Balaban J connectivity index is 1.74. The number of carbonyl (C=O) groups is 1. The van der Waals surface area contributed by atoms with Crippen LogP contribution in [-0.2, 0) is 4.79 Å². The maximum atomic E-state index is 11.2. The number of aromatic nitrogens is 2. The van der Waals surface area contributed by atoms with E-state index in [1.54, 1.807) is 17.7 Å². The van der Waals surface area contributed by atoms with E-state index < -0.39 is 11.9 Å². The van der Waals surface area contributed by atoms with Crippen molar-refractivity contribution in [1.29, 1.82) is 0 Å². The fourth-order valence-electron chi connectivity index (χ4n) is 3.20. The molecule has 0 radical (unpaired) electrons. The summed E-state index contributed by atoms with van der Waals surface area (Å²) in [6, 6.07) is 12.3. The molecule has 0 spiro atoms. The first-order valence-corrected chi connectivity index (χ1v) is 8.80. The van der Waals surface area contributed by atoms with Crippen LogP contribution >= 0.6 is 11.3 Å². The van der Waals surface area contributed by atoms with Gasteiger partial charge in [-0.1, -0.05) is 30.3 Å². The predicted molar refractivity (Wildman–Crippen MR) is 92.8 cm³/mol. The Hall–Kier alpha value is -2.47. The summed E-state index contributed by atoms with van der Waals surface area (Å²) in [4.78, 5) is 24.2. The van der Waals surface area contributed by atoms with E-state index in [2.05, 4.69) is 33.1 Å². The van der Waals surface area contributed by atoms with Crippen LogP contribution in [-0.4, -0.2) is 29.0 Å². The summed E-state index contributed by atoms with van der Waals surface area (Å²) in [7, 11) is 0. The van der Waals surface area contributed by atoms with E-state index in [0.717, 1.165) is 39.4 Å². The zero-order chi connectivity index (χ0) is 16.5. The Morgan fingerprint density at radius 3 is 2.88 bits per heavy atom. The van der Waals surface area contributed by atoms with Gasteiger partial charge in [-0.05, 0) is 24.5 Å². The third-order valence-electron chi connectivity index (χ3n) is 4.42. The van der Waals surface area contributed by atoms with Gasteiger partial charge < -0.3 is 14.8 Å². The van der Waals surface area contributed by atoms with E-state index in [4.69, 9.17) is 0 Å². The summed E-state index contributed by atoms with van der Waals surface area (Å²) in [5.74, 6) is -0.583. The summed E-state index contributed by atoms with van der Waals surface area (Å²) >= 11 is 1.63. The smallest absolute Gasteiger partial charge is 0.140 e. The number of fused-ring (bicyclic) bond motifs is 1. The van der Waals surface area contributed by atoms with Crippen molar-refractivity contribution in [3.05, 3.63) is 42.7 Å². The average molecular weight is 338 g/mol. The zero-order valence-corrected chi connectivity index (χ0v) is 13.8. The minimum absolute atomic E-state index is 0.434. The molecule has 4 rings (SSSR count). The Morgan fingerprint density at radius 2 is 2.08 bits per heavy atom. The van der Waals surface area contributed by atoms with E-state index >= 15 is 0 Å². The maximum absolute atomic E-state index is 11.2. The number of thiophene rings is 1. The number of hydrogen-bond acceptors (Lipinski definition) is 6. The fourth-order valence-corrected chi connectivity index (χ4v) is 4.20. The second kappa shape index (κ2) is 6.20. The summed E-state index contributed by atoms with van der Waals surface area (Å²) < 4.78 is 0. The van der Waals surface area contributed by atoms with Crippen molar-refractivity contribution in [2.24, 2.45) is 5.92 Å². The predicted octanol–water partition coefficient (Wildman–Crippen LogP) is 2.32. The maximum Gasteiger partial charge on any atom is 0.140 e. The number of anilines is 1. The molecule has 122 valence electrons. The van der Waals surface area contributed by atoms with Crippen LogP contribution in [0.2, 0.25) is 0 Å². The van der Waals surface area contributed by atoms with Crippen molar-refractivity contribution in [1.82, 2.24) is 9.97 Å². The van der Waals surface area contributed by atoms with Gasteiger partial charge in [0.05, 0.1) is 5.39 Å². The standard InChI is InChI=1S/C18H17N3O2S/c22-18(23)13-7-4-8-21(10-13)16-14-9-15(12-5-2-1-3-6-12)24-17(14)20-11-19-16/h1-3,5-6,9,11,13H,4,7-8,10H2,(H,22,23)/p-1/t13-/m0/s1. The third-order valence-corrected chi connectivity index (χ3v) is 5.51. The number of piperidine rings is 1. The molecule has 1 aliphatic heterocycles. The van der Waals surface area contributed by atoms with Gasteiger partial charge in [-0.25, -0.2) is 9.97 Å². The normalized spacial score (nSPS) is 18.0. The Labute approximate surface area is 143 Å². The molecule has 0 amide bonds. The lowest BCUT2D eigenvalue weighted by Gasteiger charge is -2.34. The zero-order valence-electron chi connectivity index (χ0n) is 13.0. The summed E-state index contributed by atoms with van der Waals surface area (Å²) in [5.41, 5.74) is 1.15. The Morgan fingerprint density at radius 1 is 1.25 bits per heavy atom. The molecule has 1 aliphatic rings. The number of nitrogens with zero attached hydrogens (tertiary/aromatic N) is 3. The first kappa shape index (κ1) is 15.1. The minimum Gasteiger partial charge on any atom is -0.550 e. The molecule has 1 aromatic carbocycles. The fraction of sp³-hybridized carbons (Fsp3) is 0.278. The van der Waals surface area contributed by atoms with Crippen molar-refractivity contribution in [3.8, 4) is 10.4 Å². The summed E-state index contributed by atoms with van der Waals surface area (Å²) in [6.45, 7) is 1.26. The molecule has 0 unspecified atom stereocenters. The molecule has 6 heteroatoms. The van der Waals surface area contributed by atoms with Crippen LogP contribution in [0.25, 0.3) is 20.7 Å². The average Bonchev–Trinajstić information content (AvgIpc) is 3.07. The van der Waals surface area contributed by atoms with E-state index in [1.807, 2.05) is 18.2 Å². The van der Waals surface area contributed by atoms with Gasteiger partial charge in [-0.15, -0.1) is 11.3 Å². The molecule has 3 heterocycles. The van der Waals surface area contributed by atoms with Crippen LogP contribution in [0.5, 0.6) is 0 Å². The van der Waals surface area contributed by atoms with Gasteiger partial charge in [0, 0.05) is 29.9 Å². The second-order valence-electron chi connectivity index (χ2n) is 6.00. The number of carboxylic acid groups (broad SMARTS) is 1. The molecule has 0 bridgehead atoms. The number of hydrogen-bond donors (Lipinski definition) is 0. The number of carboxylic acids is 1. The number of benzene rings is 1. The molecular weight excluding hydrogens is 322 g/mol. The molecule has 1 fully saturated rings. The van der Waals surface area contributed by atoms with E-state index in [0.29, 0.717) is 13.0 Å². The second-order valence-corrected chi connectivity index (χ2v) is 7.03. The molecule has 5 nitrogen and oxygen atoms in total. The van der Waals surface area contributed by atoms with Crippen LogP contribution < -0.4 is 10.0 Å². The summed E-state index contributed by atoms with van der Waals surface area (Å²) in [6.07, 6.45) is 3.07. The summed E-state index contributed by atoms with van der Waals surface area (Å²) in [5, 5.41) is 12.2. The van der Waals surface area contributed by atoms with E-state index in [-0.39, 0.29) is 0 Å². The van der Waals surface area contributed by atoms with Gasteiger partial charge in [-0.3, -0.25) is 0 Å². The molecule has 1 saturated heterocycles. The molecule has 0 N–H and O–H groups in total. The van der Waals surface area contributed by atoms with Crippen molar-refractivity contribution < 1.29 is 9.90 Å².